The number of carboxylic acids is 3. The summed E-state index contributed by atoms with van der Waals surface area (Å²) in [6, 6.07) is 0. The summed E-state index contributed by atoms with van der Waals surface area (Å²) in [7, 11) is 0. The van der Waals surface area contributed by atoms with E-state index in [2.05, 4.69) is 0 Å². The van der Waals surface area contributed by atoms with E-state index in [9.17, 15) is 34.5 Å². The molecule has 0 amide bonds. The fourth-order valence-corrected chi connectivity index (χ4v) is 3.20. The van der Waals surface area contributed by atoms with Crippen LogP contribution in [0.2, 0.25) is 0 Å². The number of aliphatic carboxylic acids is 3. The Balaban J connectivity index is 2.37. The number of carbonyl (C=O) groups is 4. The summed E-state index contributed by atoms with van der Waals surface area (Å²) in [6.45, 7) is 1.20. The summed E-state index contributed by atoms with van der Waals surface area (Å²) >= 11 is 0. The van der Waals surface area contributed by atoms with Crippen molar-refractivity contribution < 1.29 is 58.6 Å². The molecule has 0 aromatic heterocycles. The van der Waals surface area contributed by atoms with Crippen LogP contribution in [0.5, 0.6) is 0 Å². The molecule has 1 aliphatic rings. The Kier molecular flexibility index (Phi) is 11.9. The van der Waals surface area contributed by atoms with Crippen molar-refractivity contribution in [2.45, 2.75) is 12.8 Å². The Hall–Kier alpha value is -2.28. The van der Waals surface area contributed by atoms with Gasteiger partial charge in [-0.05, 0) is 12.8 Å². The van der Waals surface area contributed by atoms with Crippen LogP contribution in [0.25, 0.3) is 0 Å². The van der Waals surface area contributed by atoms with E-state index in [1.807, 2.05) is 0 Å². The number of aliphatic hydroxyl groups excluding tert-OH is 1. The van der Waals surface area contributed by atoms with E-state index in [-0.39, 0.29) is 39.6 Å². The largest absolute Gasteiger partial charge is 0.481 e. The highest BCUT2D eigenvalue weighted by Crippen LogP contribution is 2.39. The maximum absolute atomic E-state index is 12.3. The van der Waals surface area contributed by atoms with Crippen molar-refractivity contribution in [3.8, 4) is 0 Å². The number of ether oxygens (including phenoxy) is 4. The van der Waals surface area contributed by atoms with E-state index < -0.39 is 60.4 Å². The van der Waals surface area contributed by atoms with Crippen LogP contribution in [-0.4, -0.2) is 97.2 Å². The Morgan fingerprint density at radius 2 is 0.967 bits per heavy atom. The number of rotatable bonds is 15. The van der Waals surface area contributed by atoms with Crippen molar-refractivity contribution in [1.82, 2.24) is 0 Å². The van der Waals surface area contributed by atoms with Crippen LogP contribution < -0.4 is 0 Å². The topological polar surface area (TPSA) is 186 Å². The van der Waals surface area contributed by atoms with E-state index >= 15 is 0 Å². The SMILES string of the molecule is O=C(O)C1CC(C(=O)O)C(C(=O)OCCOCCOCCOCCO)CC1C(=O)O. The molecule has 172 valence electrons. The van der Waals surface area contributed by atoms with Gasteiger partial charge in [-0.25, -0.2) is 0 Å². The highest BCUT2D eigenvalue weighted by molar-refractivity contribution is 5.86. The van der Waals surface area contributed by atoms with Crippen LogP contribution in [0.4, 0.5) is 0 Å². The van der Waals surface area contributed by atoms with E-state index in [1.165, 1.54) is 0 Å². The molecule has 1 fully saturated rings. The standard InChI is InChI=1S/C18H28O12/c19-1-2-27-3-4-28-5-6-29-7-8-30-18(26)14-10-12(16(22)23)11(15(20)21)9-13(14)17(24)25/h11-14,19H,1-10H2,(H,20,21)(H,22,23)(H,24,25). The molecule has 12 nitrogen and oxygen atoms in total. The van der Waals surface area contributed by atoms with Crippen molar-refractivity contribution in [1.29, 1.82) is 0 Å². The molecule has 0 bridgehead atoms. The Morgan fingerprint density at radius 1 is 0.600 bits per heavy atom. The fourth-order valence-electron chi connectivity index (χ4n) is 3.20. The molecule has 0 spiro atoms. The summed E-state index contributed by atoms with van der Waals surface area (Å²) in [6.07, 6.45) is -0.883. The van der Waals surface area contributed by atoms with Crippen molar-refractivity contribution in [2.75, 3.05) is 52.9 Å². The first kappa shape index (κ1) is 25.8. The van der Waals surface area contributed by atoms with Gasteiger partial charge in [0.2, 0.25) is 0 Å². The molecule has 30 heavy (non-hydrogen) atoms. The second-order valence-electron chi connectivity index (χ2n) is 6.64. The van der Waals surface area contributed by atoms with Gasteiger partial charge in [-0.15, -0.1) is 0 Å². The van der Waals surface area contributed by atoms with Crippen molar-refractivity contribution in [3.05, 3.63) is 0 Å². The van der Waals surface area contributed by atoms with E-state index in [0.29, 0.717) is 13.2 Å². The second kappa shape index (κ2) is 13.9. The first-order chi connectivity index (χ1) is 14.3. The van der Waals surface area contributed by atoms with E-state index in [0.717, 1.165) is 0 Å². The Morgan fingerprint density at radius 3 is 1.40 bits per heavy atom. The molecule has 0 heterocycles. The molecule has 1 rings (SSSR count). The number of esters is 1. The maximum Gasteiger partial charge on any atom is 0.309 e. The van der Waals surface area contributed by atoms with Crippen molar-refractivity contribution in [2.24, 2.45) is 23.7 Å². The van der Waals surface area contributed by atoms with Gasteiger partial charge in [0.1, 0.15) is 6.61 Å². The fraction of sp³-hybridized carbons (Fsp3) is 0.778. The van der Waals surface area contributed by atoms with Crippen LogP contribution in [0, 0.1) is 23.7 Å². The summed E-state index contributed by atoms with van der Waals surface area (Å²) in [5.41, 5.74) is 0. The Bertz CT molecular complexity index is 578. The van der Waals surface area contributed by atoms with Crippen molar-refractivity contribution in [3.63, 3.8) is 0 Å². The quantitative estimate of drug-likeness (QED) is 0.183. The van der Waals surface area contributed by atoms with Crippen molar-refractivity contribution >= 4 is 23.9 Å². The molecule has 12 heteroatoms. The number of aliphatic hydroxyl groups is 1. The molecular weight excluding hydrogens is 408 g/mol. The number of hydrogen-bond acceptors (Lipinski definition) is 9. The van der Waals surface area contributed by atoms with Crippen LogP contribution in [0.3, 0.4) is 0 Å². The predicted octanol–water partition coefficient (Wildman–Crippen LogP) is -0.916. The molecular formula is C18H28O12. The third-order valence-corrected chi connectivity index (χ3v) is 4.69. The molecule has 4 unspecified atom stereocenters. The molecule has 1 aliphatic carbocycles. The summed E-state index contributed by atoms with van der Waals surface area (Å²) in [5, 5.41) is 36.3. The molecule has 1 saturated carbocycles. The number of carbonyl (C=O) groups excluding carboxylic acids is 1. The monoisotopic (exact) mass is 436 g/mol. The van der Waals surface area contributed by atoms with Gasteiger partial charge in [-0.3, -0.25) is 19.2 Å². The lowest BCUT2D eigenvalue weighted by Gasteiger charge is -2.34. The molecule has 4 atom stereocenters. The second-order valence-corrected chi connectivity index (χ2v) is 6.64. The summed E-state index contributed by atoms with van der Waals surface area (Å²) in [4.78, 5) is 46.4. The van der Waals surface area contributed by atoms with Crippen LogP contribution >= 0.6 is 0 Å². The molecule has 0 aliphatic heterocycles. The molecule has 0 aromatic rings. The third kappa shape index (κ3) is 8.61. The minimum atomic E-state index is -1.41. The first-order valence-electron chi connectivity index (χ1n) is 9.48. The number of hydrogen-bond donors (Lipinski definition) is 4. The van der Waals surface area contributed by atoms with Gasteiger partial charge in [0, 0.05) is 0 Å². The number of carboxylic acid groups (broad SMARTS) is 3. The lowest BCUT2D eigenvalue weighted by Crippen LogP contribution is -2.45. The lowest BCUT2D eigenvalue weighted by molar-refractivity contribution is -0.170. The summed E-state index contributed by atoms with van der Waals surface area (Å²) < 4.78 is 20.4. The smallest absolute Gasteiger partial charge is 0.309 e. The van der Waals surface area contributed by atoms with Gasteiger partial charge < -0.3 is 39.4 Å². The highest BCUT2D eigenvalue weighted by Gasteiger charge is 2.49. The summed E-state index contributed by atoms with van der Waals surface area (Å²) in [5.74, 6) is -10.4. The van der Waals surface area contributed by atoms with E-state index in [1.54, 1.807) is 0 Å². The lowest BCUT2D eigenvalue weighted by atomic mass is 9.68. The predicted molar refractivity (Wildman–Crippen MR) is 96.6 cm³/mol. The minimum absolute atomic E-state index is 0.0285. The zero-order valence-corrected chi connectivity index (χ0v) is 16.4. The molecule has 0 aromatic carbocycles. The average Bonchev–Trinajstić information content (AvgIpc) is 2.70. The van der Waals surface area contributed by atoms with Crippen LogP contribution in [0.1, 0.15) is 12.8 Å². The average molecular weight is 436 g/mol. The molecule has 0 radical (unpaired) electrons. The van der Waals surface area contributed by atoms with Crippen LogP contribution in [-0.2, 0) is 38.1 Å². The third-order valence-electron chi connectivity index (χ3n) is 4.69. The first-order valence-corrected chi connectivity index (χ1v) is 9.48. The van der Waals surface area contributed by atoms with Crippen LogP contribution in [0.15, 0.2) is 0 Å². The van der Waals surface area contributed by atoms with Gasteiger partial charge in [-0.2, -0.15) is 0 Å². The molecule has 0 saturated heterocycles. The van der Waals surface area contributed by atoms with Gasteiger partial charge in [-0.1, -0.05) is 0 Å². The van der Waals surface area contributed by atoms with Gasteiger partial charge in [0.15, 0.2) is 0 Å². The van der Waals surface area contributed by atoms with E-state index in [4.69, 9.17) is 24.1 Å². The van der Waals surface area contributed by atoms with Gasteiger partial charge in [0.25, 0.3) is 0 Å². The zero-order valence-electron chi connectivity index (χ0n) is 16.4. The normalized spacial score (nSPS) is 23.6. The van der Waals surface area contributed by atoms with Gasteiger partial charge in [0.05, 0.1) is 69.9 Å². The minimum Gasteiger partial charge on any atom is -0.481 e. The zero-order chi connectivity index (χ0) is 22.5. The highest BCUT2D eigenvalue weighted by atomic mass is 16.6. The molecule has 4 N–H and O–H groups in total. The van der Waals surface area contributed by atoms with Gasteiger partial charge >= 0.3 is 23.9 Å². The maximum atomic E-state index is 12.3. The Labute approximate surface area is 172 Å².